The van der Waals surface area contributed by atoms with E-state index in [4.69, 9.17) is 4.42 Å². The molecule has 0 aliphatic carbocycles. The van der Waals surface area contributed by atoms with E-state index in [2.05, 4.69) is 33.8 Å². The first kappa shape index (κ1) is 18.3. The first-order chi connectivity index (χ1) is 13.6. The van der Waals surface area contributed by atoms with Gasteiger partial charge in [0.25, 0.3) is 0 Å². The van der Waals surface area contributed by atoms with Crippen molar-refractivity contribution in [2.45, 2.75) is 30.8 Å². The van der Waals surface area contributed by atoms with Gasteiger partial charge in [-0.25, -0.2) is 4.79 Å². The van der Waals surface area contributed by atoms with Gasteiger partial charge in [0.15, 0.2) is 5.16 Å². The van der Waals surface area contributed by atoms with Gasteiger partial charge in [-0.05, 0) is 30.2 Å². The van der Waals surface area contributed by atoms with Crippen LogP contribution in [-0.4, -0.2) is 19.9 Å². The van der Waals surface area contributed by atoms with Gasteiger partial charge in [-0.15, -0.1) is 10.2 Å². The summed E-state index contributed by atoms with van der Waals surface area (Å²) >= 11 is 1.53. The van der Waals surface area contributed by atoms with Crippen molar-refractivity contribution < 1.29 is 9.52 Å². The lowest BCUT2D eigenvalue weighted by atomic mass is 10.1. The van der Waals surface area contributed by atoms with Crippen molar-refractivity contribution in [1.82, 2.24) is 14.8 Å². The molecule has 0 spiro atoms. The van der Waals surface area contributed by atoms with Crippen molar-refractivity contribution in [3.8, 4) is 5.75 Å². The lowest BCUT2D eigenvalue weighted by Crippen LogP contribution is -2.04. The fraction of sp³-hybridized carbons (Fsp3) is 0.190. The van der Waals surface area contributed by atoms with Gasteiger partial charge >= 0.3 is 5.63 Å². The Kier molecular flexibility index (Phi) is 5.16. The maximum atomic E-state index is 11.9. The largest absolute Gasteiger partial charge is 0.508 e. The van der Waals surface area contributed by atoms with Gasteiger partial charge in [0, 0.05) is 36.2 Å². The van der Waals surface area contributed by atoms with E-state index in [0.717, 1.165) is 34.9 Å². The average molecular weight is 393 g/mol. The molecule has 0 unspecified atom stereocenters. The van der Waals surface area contributed by atoms with Crippen LogP contribution in [0.15, 0.2) is 69.0 Å². The quantitative estimate of drug-likeness (QED) is 0.394. The molecule has 0 radical (unpaired) electrons. The van der Waals surface area contributed by atoms with Crippen LogP contribution in [0, 0.1) is 0 Å². The summed E-state index contributed by atoms with van der Waals surface area (Å²) in [6.07, 6.45) is 0.722. The van der Waals surface area contributed by atoms with Crippen molar-refractivity contribution >= 4 is 22.7 Å². The minimum atomic E-state index is -0.435. The number of hydrogen-bond donors (Lipinski definition) is 1. The number of aromatic nitrogens is 3. The zero-order chi connectivity index (χ0) is 19.5. The van der Waals surface area contributed by atoms with Crippen LogP contribution >= 0.6 is 11.8 Å². The number of nitrogens with zero attached hydrogens (tertiary/aromatic N) is 3. The summed E-state index contributed by atoms with van der Waals surface area (Å²) in [4.78, 5) is 11.9. The monoisotopic (exact) mass is 393 g/mol. The zero-order valence-electron chi connectivity index (χ0n) is 15.3. The summed E-state index contributed by atoms with van der Waals surface area (Å²) in [5.74, 6) is 1.53. The average Bonchev–Trinajstić information content (AvgIpc) is 3.07. The Bertz CT molecular complexity index is 1170. The predicted octanol–water partition coefficient (Wildman–Crippen LogP) is 3.99. The molecule has 7 heteroatoms. The Labute approximate surface area is 165 Å². The molecule has 0 aliphatic heterocycles. The zero-order valence-corrected chi connectivity index (χ0v) is 16.1. The summed E-state index contributed by atoms with van der Waals surface area (Å²) in [5, 5.41) is 20.0. The molecule has 0 atom stereocenters. The van der Waals surface area contributed by atoms with E-state index in [0.29, 0.717) is 11.3 Å². The standard InChI is InChI=1S/C21H19N3O3S/c1-2-24-19(10-14-6-4-3-5-7-14)22-23-21(24)28-13-15-11-20(26)27-18-12-16(25)8-9-17(15)18/h3-9,11-12,25H,2,10,13H2,1H3. The van der Waals surface area contributed by atoms with Crippen LogP contribution in [0.2, 0.25) is 0 Å². The summed E-state index contributed by atoms with van der Waals surface area (Å²) < 4.78 is 7.29. The minimum absolute atomic E-state index is 0.0664. The summed E-state index contributed by atoms with van der Waals surface area (Å²) in [6.45, 7) is 2.83. The van der Waals surface area contributed by atoms with E-state index in [1.54, 1.807) is 12.1 Å². The molecular formula is C21H19N3O3S. The fourth-order valence-electron chi connectivity index (χ4n) is 3.13. The Morgan fingerprint density at radius 3 is 2.71 bits per heavy atom. The molecule has 28 heavy (non-hydrogen) atoms. The smallest absolute Gasteiger partial charge is 0.336 e. The van der Waals surface area contributed by atoms with E-state index in [1.807, 2.05) is 18.2 Å². The maximum absolute atomic E-state index is 11.9. The lowest BCUT2D eigenvalue weighted by molar-refractivity contribution is 0.473. The molecule has 0 amide bonds. The third-order valence-electron chi connectivity index (χ3n) is 4.49. The number of thioether (sulfide) groups is 1. The summed E-state index contributed by atoms with van der Waals surface area (Å²) in [7, 11) is 0. The normalized spacial score (nSPS) is 11.2. The van der Waals surface area contributed by atoms with E-state index >= 15 is 0 Å². The number of phenols is 1. The third-order valence-corrected chi connectivity index (χ3v) is 5.50. The van der Waals surface area contributed by atoms with Crippen molar-refractivity contribution in [2.75, 3.05) is 0 Å². The lowest BCUT2D eigenvalue weighted by Gasteiger charge is -2.08. The van der Waals surface area contributed by atoms with Gasteiger partial charge in [0.05, 0.1) is 0 Å². The number of rotatable bonds is 6. The van der Waals surface area contributed by atoms with Gasteiger partial charge in [-0.1, -0.05) is 42.1 Å². The Morgan fingerprint density at radius 2 is 1.93 bits per heavy atom. The Hall–Kier alpha value is -3.06. The molecular weight excluding hydrogens is 374 g/mol. The highest BCUT2D eigenvalue weighted by atomic mass is 32.2. The minimum Gasteiger partial charge on any atom is -0.508 e. The van der Waals surface area contributed by atoms with Gasteiger partial charge in [0.1, 0.15) is 17.2 Å². The fourth-order valence-corrected chi connectivity index (χ4v) is 4.15. The second-order valence-electron chi connectivity index (χ2n) is 6.37. The predicted molar refractivity (Wildman–Crippen MR) is 109 cm³/mol. The van der Waals surface area contributed by atoms with Crippen LogP contribution in [0.1, 0.15) is 23.9 Å². The van der Waals surface area contributed by atoms with Gasteiger partial charge in [-0.2, -0.15) is 0 Å². The molecule has 0 bridgehead atoms. The molecule has 2 heterocycles. The molecule has 2 aromatic carbocycles. The topological polar surface area (TPSA) is 81.2 Å². The van der Waals surface area contributed by atoms with E-state index in [1.165, 1.54) is 29.5 Å². The number of hydrogen-bond acceptors (Lipinski definition) is 6. The molecule has 0 fully saturated rings. The van der Waals surface area contributed by atoms with Crippen molar-refractivity contribution in [3.05, 3.63) is 82.0 Å². The SMILES string of the molecule is CCn1c(Cc2ccccc2)nnc1SCc1cc(=O)oc2cc(O)ccc12. The highest BCUT2D eigenvalue weighted by Crippen LogP contribution is 2.28. The van der Waals surface area contributed by atoms with E-state index in [9.17, 15) is 9.90 Å². The van der Waals surface area contributed by atoms with E-state index in [-0.39, 0.29) is 5.75 Å². The molecule has 4 aromatic rings. The highest BCUT2D eigenvalue weighted by molar-refractivity contribution is 7.98. The highest BCUT2D eigenvalue weighted by Gasteiger charge is 2.14. The van der Waals surface area contributed by atoms with Crippen LogP contribution in [0.4, 0.5) is 0 Å². The first-order valence-electron chi connectivity index (χ1n) is 8.98. The van der Waals surface area contributed by atoms with Crippen molar-refractivity contribution in [2.24, 2.45) is 0 Å². The van der Waals surface area contributed by atoms with Crippen molar-refractivity contribution in [1.29, 1.82) is 0 Å². The van der Waals surface area contributed by atoms with E-state index < -0.39 is 5.63 Å². The van der Waals surface area contributed by atoms with Crippen LogP contribution < -0.4 is 5.63 Å². The molecule has 142 valence electrons. The molecule has 1 N–H and O–H groups in total. The van der Waals surface area contributed by atoms with Gasteiger partial charge < -0.3 is 14.1 Å². The second-order valence-corrected chi connectivity index (χ2v) is 7.31. The van der Waals surface area contributed by atoms with Crippen molar-refractivity contribution in [3.63, 3.8) is 0 Å². The molecule has 2 aromatic heterocycles. The van der Waals surface area contributed by atoms with Crippen LogP contribution in [-0.2, 0) is 18.7 Å². The molecule has 0 aliphatic rings. The second kappa shape index (κ2) is 7.90. The number of fused-ring (bicyclic) bond motifs is 1. The first-order valence-corrected chi connectivity index (χ1v) is 9.97. The number of aromatic hydroxyl groups is 1. The summed E-state index contributed by atoms with van der Waals surface area (Å²) in [6, 6.07) is 16.5. The molecule has 6 nitrogen and oxygen atoms in total. The number of phenolic OH excluding ortho intramolecular Hbond substituents is 1. The van der Waals surface area contributed by atoms with Crippen LogP contribution in [0.5, 0.6) is 5.75 Å². The molecule has 4 rings (SSSR count). The Morgan fingerprint density at radius 1 is 1.11 bits per heavy atom. The summed E-state index contributed by atoms with van der Waals surface area (Å²) in [5.41, 5.74) is 1.97. The third kappa shape index (κ3) is 3.80. The molecule has 0 saturated carbocycles. The van der Waals surface area contributed by atoms with Gasteiger partial charge in [0.2, 0.25) is 0 Å². The van der Waals surface area contributed by atoms with Gasteiger partial charge in [-0.3, -0.25) is 0 Å². The van der Waals surface area contributed by atoms with Crippen LogP contribution in [0.25, 0.3) is 11.0 Å². The number of benzene rings is 2. The maximum Gasteiger partial charge on any atom is 0.336 e. The van der Waals surface area contributed by atoms with Crippen LogP contribution in [0.3, 0.4) is 0 Å². The molecule has 0 saturated heterocycles. The Balaban J connectivity index is 1.59.